The van der Waals surface area contributed by atoms with Crippen LogP contribution < -0.4 is 0 Å². The summed E-state index contributed by atoms with van der Waals surface area (Å²) < 4.78 is -1.74. The van der Waals surface area contributed by atoms with Crippen LogP contribution in [0, 0.1) is 29.6 Å². The third kappa shape index (κ3) is 2.10. The van der Waals surface area contributed by atoms with Crippen molar-refractivity contribution in [3.63, 3.8) is 0 Å². The predicted molar refractivity (Wildman–Crippen MR) is 68.9 cm³/mol. The summed E-state index contributed by atoms with van der Waals surface area (Å²) in [4.78, 5) is 45.1. The topological polar surface area (TPSA) is 149 Å². The SMILES string of the molecule is O=C(O)C1CC2C(CC1C(=O)O)C(Br)(C(=O)O)C2C(=O)O. The van der Waals surface area contributed by atoms with E-state index in [1.165, 1.54) is 0 Å². The molecule has 0 bridgehead atoms. The maximum atomic E-state index is 11.4. The van der Waals surface area contributed by atoms with Gasteiger partial charge in [-0.1, -0.05) is 15.9 Å². The van der Waals surface area contributed by atoms with E-state index in [1.54, 1.807) is 0 Å². The molecular formula is C12H13BrO8. The van der Waals surface area contributed by atoms with E-state index in [0.29, 0.717) is 0 Å². The van der Waals surface area contributed by atoms with Crippen molar-refractivity contribution < 1.29 is 39.6 Å². The standard InChI is InChI=1S/C12H13BrO8/c13-12(11(20)21)6-2-4(9(16)17)3(8(14)15)1-5(6)7(12)10(18)19/h3-7H,1-2H2,(H,14,15)(H,16,17)(H,18,19)(H,20,21). The lowest BCUT2D eigenvalue weighted by molar-refractivity contribution is -0.182. The third-order valence-electron chi connectivity index (χ3n) is 4.69. The fourth-order valence-corrected chi connectivity index (χ4v) is 4.77. The average Bonchev–Trinajstić information content (AvgIpc) is 2.35. The Morgan fingerprint density at radius 2 is 1.33 bits per heavy atom. The molecule has 2 rings (SSSR count). The average molecular weight is 365 g/mol. The van der Waals surface area contributed by atoms with E-state index in [1.807, 2.05) is 0 Å². The normalized spacial score (nSPS) is 41.5. The van der Waals surface area contributed by atoms with Gasteiger partial charge in [0.1, 0.15) is 4.32 Å². The second kappa shape index (κ2) is 4.97. The zero-order chi connectivity index (χ0) is 16.1. The van der Waals surface area contributed by atoms with Crippen LogP contribution in [-0.4, -0.2) is 48.6 Å². The van der Waals surface area contributed by atoms with Crippen molar-refractivity contribution in [2.45, 2.75) is 17.2 Å². The predicted octanol–water partition coefficient (Wildman–Crippen LogP) is 0.347. The van der Waals surface area contributed by atoms with Crippen molar-refractivity contribution >= 4 is 39.8 Å². The third-order valence-corrected chi connectivity index (χ3v) is 6.11. The monoisotopic (exact) mass is 364 g/mol. The highest BCUT2D eigenvalue weighted by Crippen LogP contribution is 2.62. The van der Waals surface area contributed by atoms with E-state index in [0.717, 1.165) is 0 Å². The molecule has 0 aromatic rings. The second-order valence-corrected chi connectivity index (χ2v) is 6.83. The maximum absolute atomic E-state index is 11.4. The highest BCUT2D eigenvalue weighted by atomic mass is 79.9. The molecule has 0 aromatic heterocycles. The van der Waals surface area contributed by atoms with Gasteiger partial charge in [0, 0.05) is 0 Å². The first-order valence-electron chi connectivity index (χ1n) is 6.23. The van der Waals surface area contributed by atoms with Gasteiger partial charge in [-0.25, -0.2) is 0 Å². The second-order valence-electron chi connectivity index (χ2n) is 5.52. The van der Waals surface area contributed by atoms with Gasteiger partial charge in [0.15, 0.2) is 0 Å². The lowest BCUT2D eigenvalue weighted by Crippen LogP contribution is -2.68. The minimum atomic E-state index is -1.74. The Morgan fingerprint density at radius 3 is 1.71 bits per heavy atom. The van der Waals surface area contributed by atoms with E-state index in [9.17, 15) is 29.4 Å². The van der Waals surface area contributed by atoms with Crippen LogP contribution in [-0.2, 0) is 19.2 Å². The van der Waals surface area contributed by atoms with Crippen molar-refractivity contribution in [3.8, 4) is 0 Å². The van der Waals surface area contributed by atoms with Crippen molar-refractivity contribution in [3.05, 3.63) is 0 Å². The summed E-state index contributed by atoms with van der Waals surface area (Å²) in [7, 11) is 0. The molecule has 2 aliphatic carbocycles. The van der Waals surface area contributed by atoms with E-state index in [-0.39, 0.29) is 12.8 Å². The van der Waals surface area contributed by atoms with E-state index in [4.69, 9.17) is 10.2 Å². The summed E-state index contributed by atoms with van der Waals surface area (Å²) >= 11 is 2.95. The van der Waals surface area contributed by atoms with Gasteiger partial charge in [-0.2, -0.15) is 0 Å². The van der Waals surface area contributed by atoms with Gasteiger partial charge in [-0.3, -0.25) is 19.2 Å². The Kier molecular flexibility index (Phi) is 3.73. The molecule has 9 heteroatoms. The Morgan fingerprint density at radius 1 is 0.857 bits per heavy atom. The zero-order valence-electron chi connectivity index (χ0n) is 10.6. The highest BCUT2D eigenvalue weighted by Gasteiger charge is 2.71. The van der Waals surface area contributed by atoms with Gasteiger partial charge >= 0.3 is 23.9 Å². The lowest BCUT2D eigenvalue weighted by Gasteiger charge is -2.58. The number of hydrogen-bond acceptors (Lipinski definition) is 4. The molecule has 21 heavy (non-hydrogen) atoms. The number of carbonyl (C=O) groups is 4. The Bertz CT molecular complexity index is 531. The fourth-order valence-electron chi connectivity index (χ4n) is 3.71. The molecular weight excluding hydrogens is 352 g/mol. The number of rotatable bonds is 4. The molecule has 0 spiro atoms. The number of carboxylic acids is 4. The molecule has 0 heterocycles. The van der Waals surface area contributed by atoms with E-state index >= 15 is 0 Å². The maximum Gasteiger partial charge on any atom is 0.321 e. The van der Waals surface area contributed by atoms with Crippen LogP contribution in [0.2, 0.25) is 0 Å². The first kappa shape index (κ1) is 15.7. The molecule has 0 saturated heterocycles. The van der Waals surface area contributed by atoms with Gasteiger partial charge < -0.3 is 20.4 Å². The fraction of sp³-hybridized carbons (Fsp3) is 0.667. The van der Waals surface area contributed by atoms with Gasteiger partial charge in [0.2, 0.25) is 0 Å². The van der Waals surface area contributed by atoms with Crippen LogP contribution >= 0.6 is 15.9 Å². The molecule has 8 nitrogen and oxygen atoms in total. The van der Waals surface area contributed by atoms with Gasteiger partial charge in [-0.15, -0.1) is 0 Å². The van der Waals surface area contributed by atoms with E-state index in [2.05, 4.69) is 15.9 Å². The molecule has 116 valence electrons. The Labute approximate surface area is 126 Å². The summed E-state index contributed by atoms with van der Waals surface area (Å²) in [5.41, 5.74) is 0. The number of alkyl halides is 1. The summed E-state index contributed by atoms with van der Waals surface area (Å²) in [6.45, 7) is 0. The molecule has 6 unspecified atom stereocenters. The molecule has 2 saturated carbocycles. The molecule has 0 radical (unpaired) electrons. The van der Waals surface area contributed by atoms with Gasteiger partial charge in [0.05, 0.1) is 17.8 Å². The summed E-state index contributed by atoms with van der Waals surface area (Å²) in [6, 6.07) is 0. The van der Waals surface area contributed by atoms with Crippen LogP contribution in [0.4, 0.5) is 0 Å². The van der Waals surface area contributed by atoms with Crippen LogP contribution in [0.5, 0.6) is 0 Å². The van der Waals surface area contributed by atoms with Crippen LogP contribution in [0.3, 0.4) is 0 Å². The minimum absolute atomic E-state index is 0.144. The molecule has 0 aliphatic heterocycles. The molecule has 0 aromatic carbocycles. The first-order valence-corrected chi connectivity index (χ1v) is 7.02. The molecule has 2 aliphatic rings. The molecule has 0 amide bonds. The number of aliphatic carboxylic acids is 4. The Hall–Kier alpha value is -1.64. The molecule has 6 atom stereocenters. The van der Waals surface area contributed by atoms with Gasteiger partial charge in [-0.05, 0) is 24.7 Å². The van der Waals surface area contributed by atoms with Crippen LogP contribution in [0.1, 0.15) is 12.8 Å². The zero-order valence-corrected chi connectivity index (χ0v) is 12.2. The smallest absolute Gasteiger partial charge is 0.321 e. The minimum Gasteiger partial charge on any atom is -0.481 e. The van der Waals surface area contributed by atoms with Crippen LogP contribution in [0.15, 0.2) is 0 Å². The van der Waals surface area contributed by atoms with Crippen molar-refractivity contribution in [1.82, 2.24) is 0 Å². The highest BCUT2D eigenvalue weighted by molar-refractivity contribution is 9.10. The van der Waals surface area contributed by atoms with Crippen molar-refractivity contribution in [1.29, 1.82) is 0 Å². The quantitative estimate of drug-likeness (QED) is 0.521. The summed E-state index contributed by atoms with van der Waals surface area (Å²) in [5.74, 6) is -10.3. The summed E-state index contributed by atoms with van der Waals surface area (Å²) in [5, 5.41) is 36.7. The van der Waals surface area contributed by atoms with Crippen LogP contribution in [0.25, 0.3) is 0 Å². The first-order chi connectivity index (χ1) is 9.62. The largest absolute Gasteiger partial charge is 0.481 e. The summed E-state index contributed by atoms with van der Waals surface area (Å²) in [6.07, 6.45) is -0.313. The lowest BCUT2D eigenvalue weighted by atomic mass is 9.48. The number of halogens is 1. The van der Waals surface area contributed by atoms with Gasteiger partial charge in [0.25, 0.3) is 0 Å². The molecule has 4 N–H and O–H groups in total. The number of hydrogen-bond donors (Lipinski definition) is 4. The number of carboxylic acid groups (broad SMARTS) is 4. The van der Waals surface area contributed by atoms with Crippen molar-refractivity contribution in [2.24, 2.45) is 29.6 Å². The number of fused-ring (bicyclic) bond motifs is 1. The Balaban J connectivity index is 2.37. The van der Waals surface area contributed by atoms with Crippen molar-refractivity contribution in [2.75, 3.05) is 0 Å². The molecule has 2 fully saturated rings. The van der Waals surface area contributed by atoms with E-state index < -0.39 is 57.8 Å².